The number of nitrogens with zero attached hydrogens (tertiary/aromatic N) is 3. The molecule has 3 rings (SSSR count). The second-order valence-corrected chi connectivity index (χ2v) is 8.27. The van der Waals surface area contributed by atoms with Crippen LogP contribution in [0.25, 0.3) is 5.69 Å². The third-order valence-electron chi connectivity index (χ3n) is 5.67. The van der Waals surface area contributed by atoms with Crippen LogP contribution in [0.5, 0.6) is 11.6 Å². The van der Waals surface area contributed by atoms with E-state index in [2.05, 4.69) is 18.7 Å². The van der Waals surface area contributed by atoms with Gasteiger partial charge in [0.15, 0.2) is 0 Å². The summed E-state index contributed by atoms with van der Waals surface area (Å²) >= 11 is 0. The predicted octanol–water partition coefficient (Wildman–Crippen LogP) is 5.23. The van der Waals surface area contributed by atoms with Gasteiger partial charge in [-0.05, 0) is 37.1 Å². The molecule has 0 saturated carbocycles. The van der Waals surface area contributed by atoms with Crippen molar-refractivity contribution in [2.45, 2.75) is 52.2 Å². The van der Waals surface area contributed by atoms with Crippen LogP contribution in [0.4, 0.5) is 0 Å². The van der Waals surface area contributed by atoms with Crippen LogP contribution >= 0.6 is 0 Å². The van der Waals surface area contributed by atoms with Gasteiger partial charge in [0.25, 0.3) is 0 Å². The van der Waals surface area contributed by atoms with E-state index in [0.717, 1.165) is 60.8 Å². The van der Waals surface area contributed by atoms with Crippen LogP contribution in [0.2, 0.25) is 0 Å². The van der Waals surface area contributed by atoms with Crippen molar-refractivity contribution in [1.29, 1.82) is 0 Å². The molecule has 0 saturated heterocycles. The van der Waals surface area contributed by atoms with Crippen molar-refractivity contribution in [3.63, 3.8) is 0 Å². The first-order valence-electron chi connectivity index (χ1n) is 11.9. The van der Waals surface area contributed by atoms with E-state index in [4.69, 9.17) is 14.6 Å². The predicted molar refractivity (Wildman–Crippen MR) is 132 cm³/mol. The van der Waals surface area contributed by atoms with Crippen LogP contribution in [0.1, 0.15) is 44.4 Å². The number of ether oxygens (including phenoxy) is 2. The minimum absolute atomic E-state index is 0.366. The first-order valence-corrected chi connectivity index (χ1v) is 11.9. The zero-order valence-electron chi connectivity index (χ0n) is 20.1. The number of hydrogen-bond donors (Lipinski definition) is 1. The average Bonchev–Trinajstić information content (AvgIpc) is 3.19. The number of benzene rings is 2. The molecule has 0 radical (unpaired) electrons. The maximum absolute atomic E-state index is 10.6. The van der Waals surface area contributed by atoms with Crippen LogP contribution in [0, 0.1) is 0 Å². The summed E-state index contributed by atoms with van der Waals surface area (Å²) in [6.45, 7) is 6.81. The van der Waals surface area contributed by atoms with E-state index in [1.165, 1.54) is 0 Å². The Balaban J connectivity index is 1.97. The van der Waals surface area contributed by atoms with E-state index in [0.29, 0.717) is 19.7 Å². The monoisotopic (exact) mass is 451 g/mol. The molecule has 6 heteroatoms. The van der Waals surface area contributed by atoms with E-state index in [-0.39, 0.29) is 6.10 Å². The largest absolute Gasteiger partial charge is 0.439 e. The van der Waals surface area contributed by atoms with Crippen molar-refractivity contribution < 1.29 is 14.6 Å². The quantitative estimate of drug-likeness (QED) is 0.364. The fraction of sp³-hybridized carbons (Fsp3) is 0.444. The summed E-state index contributed by atoms with van der Waals surface area (Å²) in [4.78, 5) is 2.24. The van der Waals surface area contributed by atoms with Crippen molar-refractivity contribution in [3.05, 3.63) is 71.9 Å². The maximum atomic E-state index is 10.6. The average molecular weight is 452 g/mol. The smallest absolute Gasteiger partial charge is 0.227 e. The number of aryl methyl sites for hydroxylation is 1. The SMILES string of the molecule is CCCC[C@H](O)CN(CCOC)Cc1c(CC)nn(-c2ccccc2)c1Oc1ccccc1. The summed E-state index contributed by atoms with van der Waals surface area (Å²) in [7, 11) is 1.71. The molecule has 33 heavy (non-hydrogen) atoms. The van der Waals surface area contributed by atoms with E-state index >= 15 is 0 Å². The molecule has 6 nitrogen and oxygen atoms in total. The molecule has 0 spiro atoms. The molecule has 0 amide bonds. The molecular formula is C27H37N3O3. The zero-order valence-corrected chi connectivity index (χ0v) is 20.1. The summed E-state index contributed by atoms with van der Waals surface area (Å²) in [5.41, 5.74) is 3.00. The molecule has 0 aliphatic rings. The lowest BCUT2D eigenvalue weighted by Crippen LogP contribution is -2.34. The molecule has 3 aromatic rings. The molecule has 0 bridgehead atoms. The molecule has 1 atom stereocenters. The number of aliphatic hydroxyl groups is 1. The Morgan fingerprint density at radius 1 is 1.03 bits per heavy atom. The van der Waals surface area contributed by atoms with Gasteiger partial charge in [-0.2, -0.15) is 5.10 Å². The summed E-state index contributed by atoms with van der Waals surface area (Å²) in [5, 5.41) is 15.5. The Morgan fingerprint density at radius 3 is 2.36 bits per heavy atom. The van der Waals surface area contributed by atoms with E-state index in [1.807, 2.05) is 65.3 Å². The van der Waals surface area contributed by atoms with E-state index in [9.17, 15) is 5.11 Å². The van der Waals surface area contributed by atoms with Crippen LogP contribution in [-0.2, 0) is 17.7 Å². The number of unbranched alkanes of at least 4 members (excludes halogenated alkanes) is 1. The first-order chi connectivity index (χ1) is 16.2. The molecule has 0 unspecified atom stereocenters. The lowest BCUT2D eigenvalue weighted by Gasteiger charge is -2.25. The standard InChI is InChI=1S/C27H37N3O3/c1-4-6-15-23(31)20-29(18-19-32-3)21-25-26(5-2)28-30(22-13-9-7-10-14-22)27(25)33-24-16-11-8-12-17-24/h7-14,16-17,23,31H,4-6,15,18-21H2,1-3H3/t23-/m0/s1. The van der Waals surface area contributed by atoms with Crippen molar-refractivity contribution in [2.24, 2.45) is 0 Å². The van der Waals surface area contributed by atoms with Crippen LogP contribution in [-0.4, -0.2) is 52.7 Å². The normalized spacial score (nSPS) is 12.3. The Morgan fingerprint density at radius 2 is 1.73 bits per heavy atom. The lowest BCUT2D eigenvalue weighted by atomic mass is 10.1. The van der Waals surface area contributed by atoms with Crippen molar-refractivity contribution in [1.82, 2.24) is 14.7 Å². The summed E-state index contributed by atoms with van der Waals surface area (Å²) in [6, 6.07) is 19.9. The highest BCUT2D eigenvalue weighted by Gasteiger charge is 2.23. The lowest BCUT2D eigenvalue weighted by molar-refractivity contribution is 0.0786. The Kier molecular flexibility index (Phi) is 9.94. The van der Waals surface area contributed by atoms with Gasteiger partial charge >= 0.3 is 0 Å². The first kappa shape index (κ1) is 25.0. The van der Waals surface area contributed by atoms with Crippen molar-refractivity contribution in [2.75, 3.05) is 26.8 Å². The second-order valence-electron chi connectivity index (χ2n) is 8.27. The molecule has 1 aromatic heterocycles. The highest BCUT2D eigenvalue weighted by atomic mass is 16.5. The van der Waals surface area contributed by atoms with E-state index in [1.54, 1.807) is 7.11 Å². The zero-order chi connectivity index (χ0) is 23.5. The summed E-state index contributed by atoms with van der Waals surface area (Å²) in [6.07, 6.45) is 3.32. The number of rotatable bonds is 14. The van der Waals surface area contributed by atoms with Gasteiger partial charge in [-0.25, -0.2) is 4.68 Å². The number of aromatic nitrogens is 2. The van der Waals surface area contributed by atoms with Crippen LogP contribution in [0.3, 0.4) is 0 Å². The van der Waals surface area contributed by atoms with Crippen LogP contribution in [0.15, 0.2) is 60.7 Å². The minimum atomic E-state index is -0.366. The van der Waals surface area contributed by atoms with Gasteiger partial charge in [-0.15, -0.1) is 0 Å². The molecular weight excluding hydrogens is 414 g/mol. The highest BCUT2D eigenvalue weighted by molar-refractivity contribution is 5.43. The number of hydrogen-bond acceptors (Lipinski definition) is 5. The fourth-order valence-electron chi connectivity index (χ4n) is 3.88. The Hall–Kier alpha value is -2.67. The second kappa shape index (κ2) is 13.1. The molecule has 2 aromatic carbocycles. The van der Waals surface area contributed by atoms with Gasteiger partial charge in [0.05, 0.1) is 29.7 Å². The molecule has 1 N–H and O–H groups in total. The third-order valence-corrected chi connectivity index (χ3v) is 5.67. The fourth-order valence-corrected chi connectivity index (χ4v) is 3.88. The Labute approximate surface area is 197 Å². The van der Waals surface area contributed by atoms with Crippen molar-refractivity contribution in [3.8, 4) is 17.3 Å². The number of aliphatic hydroxyl groups excluding tert-OH is 1. The van der Waals surface area contributed by atoms with Gasteiger partial charge < -0.3 is 14.6 Å². The number of methoxy groups -OCH3 is 1. The molecule has 0 aliphatic heterocycles. The van der Waals surface area contributed by atoms with Gasteiger partial charge in [0, 0.05) is 26.7 Å². The Bertz CT molecular complexity index is 944. The number of para-hydroxylation sites is 2. The summed E-state index contributed by atoms with van der Waals surface area (Å²) in [5.74, 6) is 1.49. The minimum Gasteiger partial charge on any atom is -0.439 e. The van der Waals surface area contributed by atoms with Gasteiger partial charge in [-0.1, -0.05) is 63.1 Å². The molecule has 1 heterocycles. The van der Waals surface area contributed by atoms with Gasteiger partial charge in [-0.3, -0.25) is 4.90 Å². The summed E-state index contributed by atoms with van der Waals surface area (Å²) < 4.78 is 13.7. The molecule has 0 fully saturated rings. The topological polar surface area (TPSA) is 59.8 Å². The third kappa shape index (κ3) is 7.16. The van der Waals surface area contributed by atoms with Crippen molar-refractivity contribution >= 4 is 0 Å². The maximum Gasteiger partial charge on any atom is 0.227 e. The highest BCUT2D eigenvalue weighted by Crippen LogP contribution is 2.32. The van der Waals surface area contributed by atoms with Gasteiger partial charge in [0.2, 0.25) is 5.88 Å². The van der Waals surface area contributed by atoms with Crippen LogP contribution < -0.4 is 4.74 Å². The molecule has 178 valence electrons. The van der Waals surface area contributed by atoms with Gasteiger partial charge in [0.1, 0.15) is 5.75 Å². The van der Waals surface area contributed by atoms with E-state index < -0.39 is 0 Å². The molecule has 0 aliphatic carbocycles.